The Morgan fingerprint density at radius 1 is 1.27 bits per heavy atom. The van der Waals surface area contributed by atoms with Gasteiger partial charge in [0, 0.05) is 6.92 Å². The van der Waals surface area contributed by atoms with Gasteiger partial charge in [-0.05, 0) is 20.8 Å². The number of carbonyl (C=O) groups excluding carboxylic acids is 2. The van der Waals surface area contributed by atoms with Crippen molar-refractivity contribution in [2.75, 3.05) is 13.1 Å². The summed E-state index contributed by atoms with van der Waals surface area (Å²) in [7, 11) is 0. The van der Waals surface area contributed by atoms with Crippen LogP contribution in [0, 0.1) is 0 Å². The second-order valence-corrected chi connectivity index (χ2v) is 4.62. The van der Waals surface area contributed by atoms with Crippen molar-refractivity contribution in [3.63, 3.8) is 0 Å². The van der Waals surface area contributed by atoms with E-state index in [1.165, 1.54) is 11.8 Å². The molecule has 0 spiro atoms. The molecular weight excluding hydrogens is 198 g/mol. The second-order valence-electron chi connectivity index (χ2n) is 4.62. The van der Waals surface area contributed by atoms with Crippen LogP contribution >= 0.6 is 0 Å². The number of rotatable bonds is 1. The number of carbonyl (C=O) groups is 2. The first-order valence-corrected chi connectivity index (χ1v) is 4.93. The number of ether oxygens (including phenoxy) is 2. The van der Waals surface area contributed by atoms with Crippen molar-refractivity contribution in [3.8, 4) is 0 Å². The maximum atomic E-state index is 11.4. The monoisotopic (exact) mass is 215 g/mol. The van der Waals surface area contributed by atoms with Crippen LogP contribution in [0.5, 0.6) is 0 Å². The van der Waals surface area contributed by atoms with Crippen LogP contribution in [-0.2, 0) is 14.3 Å². The Morgan fingerprint density at radius 3 is 2.20 bits per heavy atom. The van der Waals surface area contributed by atoms with E-state index in [0.717, 1.165) is 0 Å². The van der Waals surface area contributed by atoms with Crippen LogP contribution in [0.4, 0.5) is 4.79 Å². The fraction of sp³-hybridized carbons (Fsp3) is 0.800. The van der Waals surface area contributed by atoms with E-state index in [0.29, 0.717) is 13.1 Å². The molecule has 1 aliphatic heterocycles. The summed E-state index contributed by atoms with van der Waals surface area (Å²) in [5, 5.41) is 0. The molecule has 0 aliphatic carbocycles. The molecule has 1 saturated heterocycles. The number of likely N-dealkylation sites (tertiary alicyclic amines) is 1. The molecule has 0 atom stereocenters. The van der Waals surface area contributed by atoms with E-state index in [2.05, 4.69) is 0 Å². The third-order valence-electron chi connectivity index (χ3n) is 1.83. The summed E-state index contributed by atoms with van der Waals surface area (Å²) in [6, 6.07) is 0. The first-order valence-electron chi connectivity index (χ1n) is 4.93. The van der Waals surface area contributed by atoms with E-state index in [4.69, 9.17) is 9.47 Å². The maximum Gasteiger partial charge on any atom is 0.410 e. The van der Waals surface area contributed by atoms with Gasteiger partial charge in [-0.3, -0.25) is 4.79 Å². The van der Waals surface area contributed by atoms with Gasteiger partial charge in [-0.1, -0.05) is 0 Å². The lowest BCUT2D eigenvalue weighted by atomic mass is 10.2. The Hall–Kier alpha value is -1.26. The van der Waals surface area contributed by atoms with Gasteiger partial charge in [0.1, 0.15) is 11.7 Å². The molecule has 0 radical (unpaired) electrons. The normalized spacial score (nSPS) is 16.9. The van der Waals surface area contributed by atoms with Gasteiger partial charge in [-0.25, -0.2) is 4.79 Å². The molecule has 5 heteroatoms. The van der Waals surface area contributed by atoms with Gasteiger partial charge in [0.15, 0.2) is 0 Å². The van der Waals surface area contributed by atoms with Crippen LogP contribution in [-0.4, -0.2) is 41.8 Å². The number of nitrogens with zero attached hydrogens (tertiary/aromatic N) is 1. The molecule has 1 heterocycles. The van der Waals surface area contributed by atoms with Gasteiger partial charge >= 0.3 is 12.1 Å². The lowest BCUT2D eigenvalue weighted by molar-refractivity contribution is -0.154. The smallest absolute Gasteiger partial charge is 0.410 e. The first-order chi connectivity index (χ1) is 6.78. The predicted molar refractivity (Wildman–Crippen MR) is 53.4 cm³/mol. The average molecular weight is 215 g/mol. The SMILES string of the molecule is CC(=O)OC1CN(C(=O)OC(C)(C)C)C1. The van der Waals surface area contributed by atoms with Gasteiger partial charge in [0.05, 0.1) is 13.1 Å². The zero-order valence-corrected chi connectivity index (χ0v) is 9.57. The topological polar surface area (TPSA) is 55.8 Å². The summed E-state index contributed by atoms with van der Waals surface area (Å²) < 4.78 is 10.0. The van der Waals surface area contributed by atoms with Crippen molar-refractivity contribution in [2.24, 2.45) is 0 Å². The first kappa shape index (κ1) is 11.8. The molecule has 86 valence electrons. The van der Waals surface area contributed by atoms with Crippen molar-refractivity contribution >= 4 is 12.1 Å². The van der Waals surface area contributed by atoms with Gasteiger partial charge in [0.2, 0.25) is 0 Å². The third kappa shape index (κ3) is 3.77. The largest absolute Gasteiger partial charge is 0.459 e. The summed E-state index contributed by atoms with van der Waals surface area (Å²) in [4.78, 5) is 23.5. The van der Waals surface area contributed by atoms with Crippen LogP contribution < -0.4 is 0 Å². The Balaban J connectivity index is 2.27. The maximum absolute atomic E-state index is 11.4. The lowest BCUT2D eigenvalue weighted by Crippen LogP contribution is -2.56. The summed E-state index contributed by atoms with van der Waals surface area (Å²) in [5.41, 5.74) is -0.483. The highest BCUT2D eigenvalue weighted by Crippen LogP contribution is 2.16. The van der Waals surface area contributed by atoms with Gasteiger partial charge in [-0.2, -0.15) is 0 Å². The lowest BCUT2D eigenvalue weighted by Gasteiger charge is -2.38. The highest BCUT2D eigenvalue weighted by atomic mass is 16.6. The molecule has 0 N–H and O–H groups in total. The second kappa shape index (κ2) is 4.08. The van der Waals surface area contributed by atoms with Gasteiger partial charge < -0.3 is 14.4 Å². The van der Waals surface area contributed by atoms with Crippen LogP contribution in [0.1, 0.15) is 27.7 Å². The zero-order chi connectivity index (χ0) is 11.6. The summed E-state index contributed by atoms with van der Waals surface area (Å²) >= 11 is 0. The van der Waals surface area contributed by atoms with Crippen molar-refractivity contribution in [1.82, 2.24) is 4.90 Å². The zero-order valence-electron chi connectivity index (χ0n) is 9.57. The number of hydrogen-bond donors (Lipinski definition) is 0. The summed E-state index contributed by atoms with van der Waals surface area (Å²) in [5.74, 6) is -0.316. The number of hydrogen-bond acceptors (Lipinski definition) is 4. The van der Waals surface area contributed by atoms with Crippen molar-refractivity contribution in [2.45, 2.75) is 39.4 Å². The Labute approximate surface area is 89.3 Å². The Morgan fingerprint density at radius 2 is 1.80 bits per heavy atom. The highest BCUT2D eigenvalue weighted by molar-refractivity contribution is 5.70. The fourth-order valence-corrected chi connectivity index (χ4v) is 1.22. The number of amides is 1. The molecule has 5 nitrogen and oxygen atoms in total. The summed E-state index contributed by atoms with van der Waals surface area (Å²) in [6.45, 7) is 7.65. The molecule has 1 amide bonds. The van der Waals surface area contributed by atoms with E-state index < -0.39 is 5.60 Å². The molecule has 0 saturated carbocycles. The molecule has 0 aromatic heterocycles. The summed E-state index contributed by atoms with van der Waals surface area (Å²) in [6.07, 6.45) is -0.527. The molecular formula is C10H17NO4. The average Bonchev–Trinajstić information content (AvgIpc) is 1.91. The molecule has 1 aliphatic rings. The van der Waals surface area contributed by atoms with Gasteiger partial charge in [-0.15, -0.1) is 0 Å². The standard InChI is InChI=1S/C10H17NO4/c1-7(12)14-8-5-11(6-8)9(13)15-10(2,3)4/h8H,5-6H2,1-4H3. The van der Waals surface area contributed by atoms with E-state index in [9.17, 15) is 9.59 Å². The fourth-order valence-electron chi connectivity index (χ4n) is 1.22. The van der Waals surface area contributed by atoms with Crippen molar-refractivity contribution in [3.05, 3.63) is 0 Å². The van der Waals surface area contributed by atoms with Crippen LogP contribution in [0.15, 0.2) is 0 Å². The molecule has 1 fully saturated rings. The van der Waals surface area contributed by atoms with E-state index >= 15 is 0 Å². The van der Waals surface area contributed by atoms with E-state index in [-0.39, 0.29) is 18.2 Å². The van der Waals surface area contributed by atoms with Crippen LogP contribution in [0.3, 0.4) is 0 Å². The molecule has 0 aromatic carbocycles. The molecule has 15 heavy (non-hydrogen) atoms. The van der Waals surface area contributed by atoms with Crippen LogP contribution in [0.2, 0.25) is 0 Å². The quantitative estimate of drug-likeness (QED) is 0.616. The van der Waals surface area contributed by atoms with Crippen LogP contribution in [0.25, 0.3) is 0 Å². The van der Waals surface area contributed by atoms with E-state index in [1.54, 1.807) is 0 Å². The van der Waals surface area contributed by atoms with Gasteiger partial charge in [0.25, 0.3) is 0 Å². The molecule has 1 rings (SSSR count). The molecule has 0 aromatic rings. The predicted octanol–water partition coefficient (Wildman–Crippen LogP) is 1.17. The van der Waals surface area contributed by atoms with Crippen molar-refractivity contribution < 1.29 is 19.1 Å². The highest BCUT2D eigenvalue weighted by Gasteiger charge is 2.35. The minimum absolute atomic E-state index is 0.171. The minimum atomic E-state index is -0.483. The molecule has 0 unspecified atom stereocenters. The Kier molecular flexibility index (Phi) is 3.21. The Bertz CT molecular complexity index is 263. The number of esters is 1. The van der Waals surface area contributed by atoms with Crippen molar-refractivity contribution in [1.29, 1.82) is 0 Å². The minimum Gasteiger partial charge on any atom is -0.459 e. The van der Waals surface area contributed by atoms with E-state index in [1.807, 2.05) is 20.8 Å². The third-order valence-corrected chi connectivity index (χ3v) is 1.83. The molecule has 0 bridgehead atoms.